The van der Waals surface area contributed by atoms with Gasteiger partial charge in [-0.15, -0.1) is 0 Å². The zero-order valence-corrected chi connectivity index (χ0v) is 17.4. The number of pyridine rings is 1. The summed E-state index contributed by atoms with van der Waals surface area (Å²) in [6.45, 7) is 2.22. The van der Waals surface area contributed by atoms with Gasteiger partial charge in [-0.05, 0) is 44.0 Å². The number of amides is 1. The Morgan fingerprint density at radius 3 is 2.64 bits per heavy atom. The lowest BCUT2D eigenvalue weighted by molar-refractivity contribution is 0.102. The summed E-state index contributed by atoms with van der Waals surface area (Å²) in [4.78, 5) is 24.6. The molecule has 1 aliphatic rings. The van der Waals surface area contributed by atoms with Crippen LogP contribution in [0.15, 0.2) is 36.8 Å². The number of rotatable bonds is 6. The number of piperidine rings is 1. The molecule has 0 aliphatic carbocycles. The first-order valence-corrected chi connectivity index (χ1v) is 10.3. The monoisotopic (exact) mass is 458 g/mol. The molecule has 0 unspecified atom stereocenters. The molecule has 4 rings (SSSR count). The summed E-state index contributed by atoms with van der Waals surface area (Å²) in [5.74, 6) is -3.46. The van der Waals surface area contributed by atoms with Crippen molar-refractivity contribution in [2.75, 3.05) is 30.7 Å². The fraction of sp³-hybridized carbons (Fsp3) is 0.273. The first-order valence-electron chi connectivity index (χ1n) is 10.3. The van der Waals surface area contributed by atoms with Crippen molar-refractivity contribution in [2.45, 2.75) is 12.8 Å². The van der Waals surface area contributed by atoms with Gasteiger partial charge >= 0.3 is 0 Å². The summed E-state index contributed by atoms with van der Waals surface area (Å²) in [5.41, 5.74) is 3.84. The van der Waals surface area contributed by atoms with E-state index in [1.165, 1.54) is 12.5 Å². The smallest absolute Gasteiger partial charge is 0.276 e. The average molecular weight is 458 g/mol. The van der Waals surface area contributed by atoms with Crippen LogP contribution >= 0.6 is 0 Å². The molecule has 4 N–H and O–H groups in total. The SMILES string of the molecule is Nc1cc(F)c(-c2c(F)cccc2F)nc1C(=O)Nc1cncnc1OCC1CCNCC1. The van der Waals surface area contributed by atoms with E-state index in [0.717, 1.165) is 50.2 Å². The van der Waals surface area contributed by atoms with Crippen LogP contribution in [0.3, 0.4) is 0 Å². The standard InChI is InChI=1S/C22H21F3N6O2/c23-13-2-1-3-14(24)18(13)19-15(25)8-16(26)20(31-19)21(32)30-17-9-28-11-29-22(17)33-10-12-4-6-27-7-5-12/h1-3,8-9,11-12,27H,4-7,10,26H2,(H,30,32). The predicted molar refractivity (Wildman–Crippen MR) is 115 cm³/mol. The first-order chi connectivity index (χ1) is 15.9. The number of nitrogen functional groups attached to an aromatic ring is 1. The number of ether oxygens (including phenoxy) is 1. The van der Waals surface area contributed by atoms with Gasteiger partial charge in [0.25, 0.3) is 5.91 Å². The Labute approximate surface area is 187 Å². The van der Waals surface area contributed by atoms with Crippen LogP contribution in [-0.2, 0) is 0 Å². The summed E-state index contributed by atoms with van der Waals surface area (Å²) >= 11 is 0. The molecule has 11 heteroatoms. The van der Waals surface area contributed by atoms with Gasteiger partial charge in [0.2, 0.25) is 5.88 Å². The van der Waals surface area contributed by atoms with Crippen molar-refractivity contribution in [2.24, 2.45) is 5.92 Å². The minimum absolute atomic E-state index is 0.151. The van der Waals surface area contributed by atoms with Crippen molar-refractivity contribution in [1.82, 2.24) is 20.3 Å². The maximum absolute atomic E-state index is 14.5. The van der Waals surface area contributed by atoms with Crippen molar-refractivity contribution in [3.63, 3.8) is 0 Å². The van der Waals surface area contributed by atoms with E-state index in [2.05, 4.69) is 25.6 Å². The predicted octanol–water partition coefficient (Wildman–Crippen LogP) is 3.17. The second-order valence-corrected chi connectivity index (χ2v) is 7.55. The minimum Gasteiger partial charge on any atom is -0.476 e. The van der Waals surface area contributed by atoms with Gasteiger partial charge in [-0.3, -0.25) is 4.79 Å². The Hall–Kier alpha value is -3.73. The van der Waals surface area contributed by atoms with Crippen LogP contribution in [0.25, 0.3) is 11.3 Å². The van der Waals surface area contributed by atoms with E-state index in [0.29, 0.717) is 12.5 Å². The highest BCUT2D eigenvalue weighted by Crippen LogP contribution is 2.30. The van der Waals surface area contributed by atoms with Gasteiger partial charge in [0.05, 0.1) is 24.1 Å². The molecule has 1 aliphatic heterocycles. The summed E-state index contributed by atoms with van der Waals surface area (Å²) < 4.78 is 48.6. The quantitative estimate of drug-likeness (QED) is 0.520. The molecule has 0 atom stereocenters. The van der Waals surface area contributed by atoms with Gasteiger partial charge in [0.15, 0.2) is 11.5 Å². The number of carbonyl (C=O) groups is 1. The Morgan fingerprint density at radius 2 is 1.91 bits per heavy atom. The van der Waals surface area contributed by atoms with Crippen LogP contribution < -0.4 is 21.1 Å². The largest absolute Gasteiger partial charge is 0.476 e. The third kappa shape index (κ3) is 5.03. The van der Waals surface area contributed by atoms with E-state index in [-0.39, 0.29) is 17.3 Å². The Kier molecular flexibility index (Phi) is 6.68. The first kappa shape index (κ1) is 22.5. The molecular weight excluding hydrogens is 437 g/mol. The summed E-state index contributed by atoms with van der Waals surface area (Å²) in [6.07, 6.45) is 4.52. The number of nitrogens with two attached hydrogens (primary N) is 1. The van der Waals surface area contributed by atoms with E-state index in [4.69, 9.17) is 10.5 Å². The Bertz CT molecular complexity index is 1150. The second kappa shape index (κ2) is 9.82. The molecule has 1 amide bonds. The van der Waals surface area contributed by atoms with Gasteiger partial charge in [0, 0.05) is 6.07 Å². The van der Waals surface area contributed by atoms with E-state index in [1.54, 1.807) is 0 Å². The third-order valence-electron chi connectivity index (χ3n) is 5.26. The number of aromatic nitrogens is 3. The number of benzene rings is 1. The van der Waals surface area contributed by atoms with Crippen molar-refractivity contribution < 1.29 is 22.7 Å². The van der Waals surface area contributed by atoms with Crippen LogP contribution in [0.2, 0.25) is 0 Å². The van der Waals surface area contributed by atoms with Gasteiger partial charge in [-0.25, -0.2) is 23.1 Å². The van der Waals surface area contributed by atoms with E-state index in [1.807, 2.05) is 0 Å². The maximum atomic E-state index is 14.5. The number of nitrogens with zero attached hydrogens (tertiary/aromatic N) is 3. The molecular formula is C22H21F3N6O2. The van der Waals surface area contributed by atoms with Crippen LogP contribution in [0.5, 0.6) is 5.88 Å². The lowest BCUT2D eigenvalue weighted by atomic mass is 9.99. The number of anilines is 2. The third-order valence-corrected chi connectivity index (χ3v) is 5.26. The number of hydrogen-bond acceptors (Lipinski definition) is 7. The zero-order valence-electron chi connectivity index (χ0n) is 17.4. The highest BCUT2D eigenvalue weighted by Gasteiger charge is 2.23. The molecule has 8 nitrogen and oxygen atoms in total. The van der Waals surface area contributed by atoms with Crippen LogP contribution in [0.1, 0.15) is 23.3 Å². The van der Waals surface area contributed by atoms with Crippen LogP contribution in [0.4, 0.5) is 24.5 Å². The van der Waals surface area contributed by atoms with E-state index in [9.17, 15) is 18.0 Å². The highest BCUT2D eigenvalue weighted by atomic mass is 19.1. The van der Waals surface area contributed by atoms with E-state index >= 15 is 0 Å². The molecule has 3 heterocycles. The second-order valence-electron chi connectivity index (χ2n) is 7.55. The fourth-order valence-corrected chi connectivity index (χ4v) is 3.53. The molecule has 1 fully saturated rings. The summed E-state index contributed by atoms with van der Waals surface area (Å²) in [7, 11) is 0. The molecule has 2 aromatic heterocycles. The number of halogens is 3. The summed E-state index contributed by atoms with van der Waals surface area (Å²) in [5, 5.41) is 5.80. The average Bonchev–Trinajstić information content (AvgIpc) is 2.80. The van der Waals surface area contributed by atoms with Crippen molar-refractivity contribution >= 4 is 17.3 Å². The molecule has 0 bridgehead atoms. The van der Waals surface area contributed by atoms with Gasteiger partial charge in [-0.2, -0.15) is 4.98 Å². The van der Waals surface area contributed by atoms with Crippen molar-refractivity contribution in [1.29, 1.82) is 0 Å². The van der Waals surface area contributed by atoms with E-state index < -0.39 is 40.3 Å². The Balaban J connectivity index is 1.58. The molecule has 0 saturated carbocycles. The van der Waals surface area contributed by atoms with Crippen LogP contribution in [0, 0.1) is 23.4 Å². The molecule has 3 aromatic rings. The van der Waals surface area contributed by atoms with Gasteiger partial charge < -0.3 is 21.1 Å². The number of carbonyl (C=O) groups excluding carboxylic acids is 1. The van der Waals surface area contributed by atoms with Gasteiger partial charge in [-0.1, -0.05) is 6.07 Å². The molecule has 0 spiro atoms. The normalized spacial score (nSPS) is 14.2. The molecule has 172 valence electrons. The lowest BCUT2D eigenvalue weighted by Gasteiger charge is -2.22. The topological polar surface area (TPSA) is 115 Å². The zero-order chi connectivity index (χ0) is 23.4. The highest BCUT2D eigenvalue weighted by molar-refractivity contribution is 6.07. The number of hydrogen-bond donors (Lipinski definition) is 3. The summed E-state index contributed by atoms with van der Waals surface area (Å²) in [6, 6.07) is 3.85. The van der Waals surface area contributed by atoms with Crippen LogP contribution in [-0.4, -0.2) is 40.6 Å². The maximum Gasteiger partial charge on any atom is 0.276 e. The van der Waals surface area contributed by atoms with Crippen molar-refractivity contribution in [3.05, 3.63) is 59.9 Å². The fourth-order valence-electron chi connectivity index (χ4n) is 3.53. The van der Waals surface area contributed by atoms with Crippen molar-refractivity contribution in [3.8, 4) is 17.1 Å². The minimum atomic E-state index is -1.07. The molecule has 0 radical (unpaired) electrons. The molecule has 1 aromatic carbocycles. The number of nitrogens with one attached hydrogen (secondary N) is 2. The van der Waals surface area contributed by atoms with Gasteiger partial charge in [0.1, 0.15) is 29.3 Å². The lowest BCUT2D eigenvalue weighted by Crippen LogP contribution is -2.30. The molecule has 33 heavy (non-hydrogen) atoms. The Morgan fingerprint density at radius 1 is 1.18 bits per heavy atom. The molecule has 1 saturated heterocycles.